The third kappa shape index (κ3) is 17.6. The molecule has 0 atom stereocenters. The summed E-state index contributed by atoms with van der Waals surface area (Å²) in [6.07, 6.45) is 0.0833. The van der Waals surface area contributed by atoms with E-state index in [2.05, 4.69) is 0 Å². The van der Waals surface area contributed by atoms with Gasteiger partial charge in [0.1, 0.15) is 11.6 Å². The van der Waals surface area contributed by atoms with Crippen molar-refractivity contribution in [3.63, 3.8) is 0 Å². The SMILES string of the molecule is CC(=O)CC(C)=O.[BiH3].[Ti]. The van der Waals surface area contributed by atoms with Gasteiger partial charge in [0.25, 0.3) is 0 Å². The minimum atomic E-state index is -0.0625. The molecule has 0 aromatic carbocycles. The van der Waals surface area contributed by atoms with E-state index in [1.165, 1.54) is 13.8 Å². The first-order chi connectivity index (χ1) is 3.13. The zero-order valence-electron chi connectivity index (χ0n) is 5.73. The molecule has 0 radical (unpaired) electrons. The molecule has 0 aromatic rings. The van der Waals surface area contributed by atoms with Gasteiger partial charge in [-0.25, -0.2) is 0 Å². The minimum Gasteiger partial charge on any atom is 0 e. The van der Waals surface area contributed by atoms with Crippen molar-refractivity contribution in [3.05, 3.63) is 0 Å². The maximum atomic E-state index is 10.0. The van der Waals surface area contributed by atoms with E-state index in [1.807, 2.05) is 0 Å². The Kier molecular flexibility index (Phi) is 16.4. The van der Waals surface area contributed by atoms with Crippen LogP contribution in [-0.2, 0) is 31.3 Å². The molecule has 0 saturated heterocycles. The number of carbonyl (C=O) groups is 2. The van der Waals surface area contributed by atoms with Crippen LogP contribution in [0.3, 0.4) is 0 Å². The van der Waals surface area contributed by atoms with Crippen LogP contribution in [0.15, 0.2) is 0 Å². The standard InChI is InChI=1S/C5H8O2.Bi.Ti.3H/c1-4(6)3-5(2)7;;;;;/h3H2,1-2H3;;;;;. The Hall–Kier alpha value is 0.937. The number of ketones is 2. The van der Waals surface area contributed by atoms with Gasteiger partial charge in [-0.05, 0) is 13.8 Å². The van der Waals surface area contributed by atoms with Gasteiger partial charge in [0.15, 0.2) is 0 Å². The molecule has 4 heteroatoms. The van der Waals surface area contributed by atoms with Crippen LogP contribution in [-0.4, -0.2) is 37.8 Å². The van der Waals surface area contributed by atoms with Gasteiger partial charge in [0.2, 0.25) is 0 Å². The molecule has 0 aliphatic carbocycles. The summed E-state index contributed by atoms with van der Waals surface area (Å²) >= 11 is 0. The summed E-state index contributed by atoms with van der Waals surface area (Å²) in [5.41, 5.74) is 0. The molecular formula is C5H11BiO2Ti. The van der Waals surface area contributed by atoms with Crippen molar-refractivity contribution in [2.45, 2.75) is 20.3 Å². The van der Waals surface area contributed by atoms with Gasteiger partial charge in [-0.2, -0.15) is 0 Å². The third-order valence-electron chi connectivity index (χ3n) is 0.498. The molecule has 0 rings (SSSR count). The van der Waals surface area contributed by atoms with Crippen LogP contribution in [0.1, 0.15) is 20.3 Å². The van der Waals surface area contributed by atoms with Crippen molar-refractivity contribution >= 4 is 37.8 Å². The second-order valence-corrected chi connectivity index (χ2v) is 1.58. The summed E-state index contributed by atoms with van der Waals surface area (Å²) in [5.74, 6) is -0.125. The van der Waals surface area contributed by atoms with Gasteiger partial charge >= 0.3 is 26.2 Å². The number of carbonyl (C=O) groups excluding carboxylic acids is 2. The van der Waals surface area contributed by atoms with E-state index in [9.17, 15) is 9.59 Å². The van der Waals surface area contributed by atoms with Gasteiger partial charge < -0.3 is 0 Å². The Bertz CT molecular complexity index is 91.1. The summed E-state index contributed by atoms with van der Waals surface area (Å²) in [4.78, 5) is 20.1. The predicted molar refractivity (Wildman–Crippen MR) is 35.9 cm³/mol. The Labute approximate surface area is 88.8 Å². The Morgan fingerprint density at radius 2 is 1.33 bits per heavy atom. The van der Waals surface area contributed by atoms with Gasteiger partial charge in [-0.1, -0.05) is 0 Å². The summed E-state index contributed by atoms with van der Waals surface area (Å²) in [6, 6.07) is 0. The number of hydrogen-bond acceptors (Lipinski definition) is 2. The molecule has 2 nitrogen and oxygen atoms in total. The van der Waals surface area contributed by atoms with E-state index < -0.39 is 0 Å². The fourth-order valence-electron chi connectivity index (χ4n) is 0.351. The van der Waals surface area contributed by atoms with Crippen LogP contribution < -0.4 is 0 Å². The summed E-state index contributed by atoms with van der Waals surface area (Å²) in [5, 5.41) is 0. The van der Waals surface area contributed by atoms with Crippen molar-refractivity contribution in [2.75, 3.05) is 0 Å². The van der Waals surface area contributed by atoms with Crippen molar-refractivity contribution in [3.8, 4) is 0 Å². The van der Waals surface area contributed by atoms with Crippen LogP contribution in [0.4, 0.5) is 0 Å². The topological polar surface area (TPSA) is 34.1 Å². The minimum absolute atomic E-state index is 0. The van der Waals surface area contributed by atoms with Crippen LogP contribution >= 0.6 is 0 Å². The second-order valence-electron chi connectivity index (χ2n) is 1.58. The molecule has 0 aliphatic rings. The van der Waals surface area contributed by atoms with E-state index in [-0.39, 0.29) is 65.9 Å². The zero-order valence-corrected chi connectivity index (χ0v) is 12.8. The fourth-order valence-corrected chi connectivity index (χ4v) is 0.351. The summed E-state index contributed by atoms with van der Waals surface area (Å²) in [7, 11) is 0. The Morgan fingerprint density at radius 1 is 1.11 bits per heavy atom. The fraction of sp³-hybridized carbons (Fsp3) is 0.600. The first-order valence-corrected chi connectivity index (χ1v) is 2.12. The molecule has 0 saturated carbocycles. The van der Waals surface area contributed by atoms with Crippen molar-refractivity contribution in [2.24, 2.45) is 0 Å². The van der Waals surface area contributed by atoms with Crippen molar-refractivity contribution in [1.82, 2.24) is 0 Å². The molecule has 0 bridgehead atoms. The Morgan fingerprint density at radius 3 is 1.33 bits per heavy atom. The quantitative estimate of drug-likeness (QED) is 0.486. The number of rotatable bonds is 2. The molecule has 0 fully saturated rings. The largest absolute Gasteiger partial charge is 0 e. The van der Waals surface area contributed by atoms with Gasteiger partial charge in [-0.3, -0.25) is 9.59 Å². The molecule has 52 valence electrons. The van der Waals surface area contributed by atoms with Crippen LogP contribution in [0, 0.1) is 0 Å². The zero-order chi connectivity index (χ0) is 5.86. The smallest absolute Gasteiger partial charge is 0 e. The number of Topliss-reactive ketones (excluding diaryl/α,β-unsaturated/α-hetero) is 2. The van der Waals surface area contributed by atoms with Crippen LogP contribution in [0.25, 0.3) is 0 Å². The molecule has 0 spiro atoms. The molecule has 0 aromatic heterocycles. The maximum Gasteiger partial charge on any atom is 0 e. The van der Waals surface area contributed by atoms with Gasteiger partial charge in [0.05, 0.1) is 6.42 Å². The predicted octanol–water partition coefficient (Wildman–Crippen LogP) is -0.632. The van der Waals surface area contributed by atoms with Crippen molar-refractivity contribution in [1.29, 1.82) is 0 Å². The number of hydrogen-bond donors (Lipinski definition) is 0. The molecule has 9 heavy (non-hydrogen) atoms. The molecule has 0 heterocycles. The van der Waals surface area contributed by atoms with Crippen LogP contribution in [0.2, 0.25) is 0 Å². The summed E-state index contributed by atoms with van der Waals surface area (Å²) < 4.78 is 0. The van der Waals surface area contributed by atoms with Crippen LogP contribution in [0.5, 0.6) is 0 Å². The molecule has 0 unspecified atom stereocenters. The normalized spacial score (nSPS) is 6.44. The second kappa shape index (κ2) is 8.94. The molecule has 0 aliphatic heterocycles. The summed E-state index contributed by atoms with van der Waals surface area (Å²) in [6.45, 7) is 2.81. The average Bonchev–Trinajstić information content (AvgIpc) is 1.27. The van der Waals surface area contributed by atoms with E-state index >= 15 is 0 Å². The first kappa shape index (κ1) is 16.5. The van der Waals surface area contributed by atoms with Crippen molar-refractivity contribution < 1.29 is 31.3 Å². The van der Waals surface area contributed by atoms with E-state index in [0.29, 0.717) is 0 Å². The molecular weight excluding hydrogens is 349 g/mol. The average molecular weight is 360 g/mol. The van der Waals surface area contributed by atoms with Gasteiger partial charge in [0, 0.05) is 21.7 Å². The van der Waals surface area contributed by atoms with Gasteiger partial charge in [-0.15, -0.1) is 0 Å². The van der Waals surface area contributed by atoms with E-state index in [0.717, 1.165) is 0 Å². The third-order valence-corrected chi connectivity index (χ3v) is 0.498. The Balaban J connectivity index is -0.000000180. The maximum absolute atomic E-state index is 10.0. The van der Waals surface area contributed by atoms with E-state index in [4.69, 9.17) is 0 Å². The monoisotopic (exact) mass is 360 g/mol. The first-order valence-electron chi connectivity index (χ1n) is 2.12. The van der Waals surface area contributed by atoms with E-state index in [1.54, 1.807) is 0 Å². The molecule has 0 amide bonds. The molecule has 0 N–H and O–H groups in total.